The largest absolute Gasteiger partial charge is 0.397 e. The lowest BCUT2D eigenvalue weighted by atomic mass is 10.5. The molecule has 0 unspecified atom stereocenters. The fraction of sp³-hybridized carbons (Fsp3) is 0.889. The van der Waals surface area contributed by atoms with Gasteiger partial charge in [0.1, 0.15) is 0 Å². The average molecular weight is 222 g/mol. The summed E-state index contributed by atoms with van der Waals surface area (Å²) in [4.78, 5) is 11.4. The summed E-state index contributed by atoms with van der Waals surface area (Å²) < 4.78 is 22.1. The zero-order valence-corrected chi connectivity index (χ0v) is 10.3. The summed E-state index contributed by atoms with van der Waals surface area (Å²) in [6.07, 6.45) is -0.401. The summed E-state index contributed by atoms with van der Waals surface area (Å²) in [5.74, 6) is 0. The highest BCUT2D eigenvalue weighted by atomic mass is 31.2. The van der Waals surface area contributed by atoms with Gasteiger partial charge >= 0.3 is 7.60 Å². The molecule has 0 spiro atoms. The quantitative estimate of drug-likeness (QED) is 0.648. The SMILES string of the molecule is CCC(=O)P(=O)(OC(C)C)OC(C)C. The Morgan fingerprint density at radius 2 is 1.50 bits per heavy atom. The van der Waals surface area contributed by atoms with Gasteiger partial charge in [0.05, 0.1) is 12.2 Å². The molecule has 0 aromatic heterocycles. The molecule has 0 aromatic rings. The van der Waals surface area contributed by atoms with Crippen LogP contribution in [0, 0.1) is 0 Å². The molecule has 0 aromatic carbocycles. The molecule has 14 heavy (non-hydrogen) atoms. The van der Waals surface area contributed by atoms with Gasteiger partial charge in [-0.1, -0.05) is 6.92 Å². The predicted octanol–water partition coefficient (Wildman–Crippen LogP) is 2.97. The van der Waals surface area contributed by atoms with Crippen LogP contribution in [0.3, 0.4) is 0 Å². The fourth-order valence-electron chi connectivity index (χ4n) is 0.891. The molecule has 0 fully saturated rings. The van der Waals surface area contributed by atoms with Gasteiger partial charge in [0.25, 0.3) is 0 Å². The molecule has 0 atom stereocenters. The second-order valence-electron chi connectivity index (χ2n) is 3.55. The molecule has 0 aliphatic carbocycles. The Morgan fingerprint density at radius 3 is 1.71 bits per heavy atom. The highest BCUT2D eigenvalue weighted by Crippen LogP contribution is 2.52. The van der Waals surface area contributed by atoms with Crippen molar-refractivity contribution in [2.45, 2.75) is 53.2 Å². The highest BCUT2D eigenvalue weighted by molar-refractivity contribution is 7.71. The van der Waals surface area contributed by atoms with E-state index in [1.807, 2.05) is 0 Å². The standard InChI is InChI=1S/C9H19O4P/c1-6-9(10)14(11,12-7(2)3)13-8(4)5/h7-8H,6H2,1-5H3. The van der Waals surface area contributed by atoms with E-state index in [4.69, 9.17) is 9.05 Å². The monoisotopic (exact) mass is 222 g/mol. The first-order chi connectivity index (χ1) is 6.31. The Kier molecular flexibility index (Phi) is 5.57. The van der Waals surface area contributed by atoms with E-state index in [0.29, 0.717) is 0 Å². The van der Waals surface area contributed by atoms with Crippen molar-refractivity contribution < 1.29 is 18.4 Å². The van der Waals surface area contributed by atoms with E-state index in [0.717, 1.165) is 0 Å². The molecule has 0 bridgehead atoms. The minimum absolute atomic E-state index is 0.163. The van der Waals surface area contributed by atoms with Crippen LogP contribution in [0.5, 0.6) is 0 Å². The maximum atomic E-state index is 12.0. The molecular formula is C9H19O4P. The Balaban J connectivity index is 4.67. The Bertz CT molecular complexity index is 221. The van der Waals surface area contributed by atoms with Crippen molar-refractivity contribution in [2.24, 2.45) is 0 Å². The normalized spacial score (nSPS) is 12.5. The lowest BCUT2D eigenvalue weighted by Crippen LogP contribution is -2.13. The van der Waals surface area contributed by atoms with E-state index in [1.165, 1.54) is 0 Å². The van der Waals surface area contributed by atoms with Crippen LogP contribution in [0.4, 0.5) is 0 Å². The number of hydrogen-bond acceptors (Lipinski definition) is 4. The van der Waals surface area contributed by atoms with Crippen molar-refractivity contribution in [3.8, 4) is 0 Å². The van der Waals surface area contributed by atoms with Gasteiger partial charge in [0, 0.05) is 6.42 Å². The van der Waals surface area contributed by atoms with Crippen molar-refractivity contribution in [3.63, 3.8) is 0 Å². The summed E-state index contributed by atoms with van der Waals surface area (Å²) in [5, 5.41) is 0. The molecule has 0 heterocycles. The van der Waals surface area contributed by atoms with Crippen molar-refractivity contribution in [2.75, 3.05) is 0 Å². The number of rotatable bonds is 6. The molecule has 0 aliphatic rings. The first-order valence-corrected chi connectivity index (χ1v) is 6.36. The summed E-state index contributed by atoms with van der Waals surface area (Å²) in [5.41, 5.74) is -0.458. The smallest absolute Gasteiger partial charge is 0.300 e. The maximum absolute atomic E-state index is 12.0. The van der Waals surface area contributed by atoms with Crippen LogP contribution in [-0.2, 0) is 18.4 Å². The number of hydrogen-bond donors (Lipinski definition) is 0. The first-order valence-electron chi connectivity index (χ1n) is 4.82. The van der Waals surface area contributed by atoms with E-state index in [2.05, 4.69) is 0 Å². The Labute approximate surface area is 85.5 Å². The molecule has 0 radical (unpaired) electrons. The van der Waals surface area contributed by atoms with Gasteiger partial charge in [0.15, 0.2) is 0 Å². The second kappa shape index (κ2) is 5.64. The van der Waals surface area contributed by atoms with E-state index in [9.17, 15) is 9.36 Å². The molecule has 0 amide bonds. The molecule has 0 rings (SSSR count). The van der Waals surface area contributed by atoms with Gasteiger partial charge < -0.3 is 9.05 Å². The predicted molar refractivity (Wildman–Crippen MR) is 55.3 cm³/mol. The third kappa shape index (κ3) is 4.36. The first kappa shape index (κ1) is 13.8. The summed E-state index contributed by atoms with van der Waals surface area (Å²) in [6.45, 7) is 8.53. The summed E-state index contributed by atoms with van der Waals surface area (Å²) in [6, 6.07) is 0. The molecule has 5 heteroatoms. The van der Waals surface area contributed by atoms with Crippen LogP contribution >= 0.6 is 7.60 Å². The molecule has 4 nitrogen and oxygen atoms in total. The zero-order chi connectivity index (χ0) is 11.4. The van der Waals surface area contributed by atoms with E-state index in [-0.39, 0.29) is 18.6 Å². The highest BCUT2D eigenvalue weighted by Gasteiger charge is 2.35. The zero-order valence-electron chi connectivity index (χ0n) is 9.44. The minimum atomic E-state index is -3.56. The van der Waals surface area contributed by atoms with Crippen molar-refractivity contribution in [1.82, 2.24) is 0 Å². The van der Waals surface area contributed by atoms with Crippen molar-refractivity contribution >= 4 is 13.1 Å². The van der Waals surface area contributed by atoms with Crippen LogP contribution in [0.2, 0.25) is 0 Å². The van der Waals surface area contributed by atoms with Crippen LogP contribution in [0.1, 0.15) is 41.0 Å². The van der Waals surface area contributed by atoms with E-state index >= 15 is 0 Å². The van der Waals surface area contributed by atoms with Crippen LogP contribution in [0.15, 0.2) is 0 Å². The number of carbonyl (C=O) groups excluding carboxylic acids is 1. The van der Waals surface area contributed by atoms with Gasteiger partial charge in [-0.15, -0.1) is 0 Å². The summed E-state index contributed by atoms with van der Waals surface area (Å²) >= 11 is 0. The number of carbonyl (C=O) groups is 1. The lowest BCUT2D eigenvalue weighted by molar-refractivity contribution is -0.114. The lowest BCUT2D eigenvalue weighted by Gasteiger charge is -2.20. The third-order valence-electron chi connectivity index (χ3n) is 1.31. The Hall–Kier alpha value is -0.180. The molecule has 0 aliphatic heterocycles. The molecule has 84 valence electrons. The van der Waals surface area contributed by atoms with E-state index in [1.54, 1.807) is 34.6 Å². The summed E-state index contributed by atoms with van der Waals surface area (Å²) in [7, 11) is -3.56. The van der Waals surface area contributed by atoms with Gasteiger partial charge in [0.2, 0.25) is 5.52 Å². The van der Waals surface area contributed by atoms with Crippen molar-refractivity contribution in [1.29, 1.82) is 0 Å². The van der Waals surface area contributed by atoms with Gasteiger partial charge in [-0.3, -0.25) is 9.36 Å². The average Bonchev–Trinajstić information content (AvgIpc) is 1.99. The molecule has 0 saturated carbocycles. The van der Waals surface area contributed by atoms with Gasteiger partial charge in [-0.05, 0) is 27.7 Å². The topological polar surface area (TPSA) is 52.6 Å². The Morgan fingerprint density at radius 1 is 1.14 bits per heavy atom. The van der Waals surface area contributed by atoms with Crippen LogP contribution in [-0.4, -0.2) is 17.7 Å². The molecular weight excluding hydrogens is 203 g/mol. The maximum Gasteiger partial charge on any atom is 0.397 e. The van der Waals surface area contributed by atoms with Crippen LogP contribution < -0.4 is 0 Å². The molecule has 0 N–H and O–H groups in total. The fourth-order valence-corrected chi connectivity index (χ4v) is 2.67. The van der Waals surface area contributed by atoms with Gasteiger partial charge in [-0.25, -0.2) is 0 Å². The molecule has 0 saturated heterocycles. The third-order valence-corrected chi connectivity index (χ3v) is 3.63. The van der Waals surface area contributed by atoms with Gasteiger partial charge in [-0.2, -0.15) is 0 Å². The second-order valence-corrected chi connectivity index (χ2v) is 5.47. The minimum Gasteiger partial charge on any atom is -0.300 e. The van der Waals surface area contributed by atoms with Crippen LogP contribution in [0.25, 0.3) is 0 Å². The van der Waals surface area contributed by atoms with Crippen molar-refractivity contribution in [3.05, 3.63) is 0 Å². The van der Waals surface area contributed by atoms with E-state index < -0.39 is 13.1 Å².